The molecule has 94 valence electrons. The van der Waals surface area contributed by atoms with Crippen LogP contribution in [0.5, 0.6) is 0 Å². The summed E-state index contributed by atoms with van der Waals surface area (Å²) in [5.41, 5.74) is 0.985. The highest BCUT2D eigenvalue weighted by Crippen LogP contribution is 2.21. The van der Waals surface area contributed by atoms with Gasteiger partial charge >= 0.3 is 0 Å². The normalized spacial score (nSPS) is 16.2. The number of aryl methyl sites for hydroxylation is 2. The lowest BCUT2D eigenvalue weighted by Crippen LogP contribution is -2.46. The molecule has 5 heteroatoms. The summed E-state index contributed by atoms with van der Waals surface area (Å²) in [5, 5.41) is 4.25. The van der Waals surface area contributed by atoms with Gasteiger partial charge < -0.3 is 10.2 Å². The Balaban J connectivity index is 2.16. The number of nitrogens with one attached hydrogen (secondary N) is 1. The Labute approximate surface area is 106 Å². The molecular weight excluding hydrogens is 234 g/mol. The van der Waals surface area contributed by atoms with Crippen LogP contribution in [0.3, 0.4) is 0 Å². The van der Waals surface area contributed by atoms with Crippen molar-refractivity contribution in [1.82, 2.24) is 15.2 Å². The van der Waals surface area contributed by atoms with Crippen LogP contribution >= 0.6 is 11.3 Å². The van der Waals surface area contributed by atoms with Crippen LogP contribution < -0.4 is 5.32 Å². The predicted octanol–water partition coefficient (Wildman–Crippen LogP) is 1.45. The van der Waals surface area contributed by atoms with Gasteiger partial charge in [-0.25, -0.2) is 4.98 Å². The Morgan fingerprint density at radius 3 is 2.82 bits per heavy atom. The van der Waals surface area contributed by atoms with E-state index in [1.807, 2.05) is 11.8 Å². The fourth-order valence-electron chi connectivity index (χ4n) is 2.06. The monoisotopic (exact) mass is 253 g/mol. The minimum atomic E-state index is 0.167. The molecular formula is C12H19N3OS. The van der Waals surface area contributed by atoms with E-state index >= 15 is 0 Å². The molecule has 1 aromatic rings. The standard InChI is InChI=1S/C12H19N3OS/c1-3-4-10-11(17-9(2)14-10)12(16)15-7-5-13-6-8-15/h13H,3-8H2,1-2H3. The number of amides is 1. The quantitative estimate of drug-likeness (QED) is 0.887. The van der Waals surface area contributed by atoms with Crippen LogP contribution in [0, 0.1) is 6.92 Å². The minimum absolute atomic E-state index is 0.167. The lowest BCUT2D eigenvalue weighted by atomic mass is 10.2. The van der Waals surface area contributed by atoms with Gasteiger partial charge in [0, 0.05) is 26.2 Å². The smallest absolute Gasteiger partial charge is 0.265 e. The van der Waals surface area contributed by atoms with Crippen molar-refractivity contribution in [3.05, 3.63) is 15.6 Å². The van der Waals surface area contributed by atoms with Gasteiger partial charge in [-0.15, -0.1) is 11.3 Å². The van der Waals surface area contributed by atoms with E-state index in [1.165, 1.54) is 11.3 Å². The lowest BCUT2D eigenvalue weighted by molar-refractivity contribution is 0.0739. The fraction of sp³-hybridized carbons (Fsp3) is 0.667. The zero-order valence-corrected chi connectivity index (χ0v) is 11.3. The maximum Gasteiger partial charge on any atom is 0.265 e. The summed E-state index contributed by atoms with van der Waals surface area (Å²) >= 11 is 1.53. The van der Waals surface area contributed by atoms with Crippen LogP contribution in [-0.2, 0) is 6.42 Å². The number of aromatic nitrogens is 1. The topological polar surface area (TPSA) is 45.2 Å². The van der Waals surface area contributed by atoms with Crippen molar-refractivity contribution < 1.29 is 4.79 Å². The van der Waals surface area contributed by atoms with E-state index in [0.717, 1.165) is 54.6 Å². The third-order valence-electron chi connectivity index (χ3n) is 2.89. The van der Waals surface area contributed by atoms with Crippen LogP contribution in [0.2, 0.25) is 0 Å². The first-order valence-corrected chi connectivity index (χ1v) is 7.00. The van der Waals surface area contributed by atoms with Crippen molar-refractivity contribution in [3.8, 4) is 0 Å². The molecule has 4 nitrogen and oxygen atoms in total. The molecule has 1 saturated heterocycles. The Morgan fingerprint density at radius 1 is 1.47 bits per heavy atom. The second-order valence-electron chi connectivity index (χ2n) is 4.30. The number of nitrogens with zero attached hydrogens (tertiary/aromatic N) is 2. The van der Waals surface area contributed by atoms with E-state index in [4.69, 9.17) is 0 Å². The SMILES string of the molecule is CCCc1nc(C)sc1C(=O)N1CCNCC1. The van der Waals surface area contributed by atoms with Crippen molar-refractivity contribution >= 4 is 17.2 Å². The molecule has 1 aliphatic rings. The maximum atomic E-state index is 12.4. The van der Waals surface area contributed by atoms with E-state index in [0.29, 0.717) is 0 Å². The van der Waals surface area contributed by atoms with Crippen LogP contribution in [-0.4, -0.2) is 42.0 Å². The third kappa shape index (κ3) is 2.84. The summed E-state index contributed by atoms with van der Waals surface area (Å²) in [7, 11) is 0. The van der Waals surface area contributed by atoms with E-state index in [-0.39, 0.29) is 5.91 Å². The second kappa shape index (κ2) is 5.60. The van der Waals surface area contributed by atoms with Gasteiger partial charge in [0.05, 0.1) is 10.7 Å². The van der Waals surface area contributed by atoms with Gasteiger partial charge in [0.15, 0.2) is 0 Å². The third-order valence-corrected chi connectivity index (χ3v) is 3.89. The molecule has 1 amide bonds. The summed E-state index contributed by atoms with van der Waals surface area (Å²) in [4.78, 5) is 19.6. The molecule has 0 unspecified atom stereocenters. The highest BCUT2D eigenvalue weighted by atomic mass is 32.1. The van der Waals surface area contributed by atoms with E-state index in [9.17, 15) is 4.79 Å². The lowest BCUT2D eigenvalue weighted by Gasteiger charge is -2.27. The van der Waals surface area contributed by atoms with Gasteiger partial charge in [-0.2, -0.15) is 0 Å². The summed E-state index contributed by atoms with van der Waals surface area (Å²) < 4.78 is 0. The summed E-state index contributed by atoms with van der Waals surface area (Å²) in [6.07, 6.45) is 1.93. The molecule has 1 N–H and O–H groups in total. The first kappa shape index (κ1) is 12.5. The van der Waals surface area contributed by atoms with Crippen molar-refractivity contribution in [2.24, 2.45) is 0 Å². The maximum absolute atomic E-state index is 12.4. The average Bonchev–Trinajstić information content (AvgIpc) is 2.71. The van der Waals surface area contributed by atoms with Gasteiger partial charge in [-0.05, 0) is 13.3 Å². The number of rotatable bonds is 3. The molecule has 0 saturated carbocycles. The van der Waals surface area contributed by atoms with Crippen LogP contribution in [0.4, 0.5) is 0 Å². The van der Waals surface area contributed by atoms with Crippen LogP contribution in [0.15, 0.2) is 0 Å². The van der Waals surface area contributed by atoms with Crippen molar-refractivity contribution in [3.63, 3.8) is 0 Å². The Hall–Kier alpha value is -0.940. The number of hydrogen-bond donors (Lipinski definition) is 1. The van der Waals surface area contributed by atoms with Crippen molar-refractivity contribution in [2.75, 3.05) is 26.2 Å². The minimum Gasteiger partial charge on any atom is -0.335 e. The van der Waals surface area contributed by atoms with Crippen LogP contribution in [0.25, 0.3) is 0 Å². The molecule has 2 rings (SSSR count). The molecule has 1 aromatic heterocycles. The number of piperazine rings is 1. The summed E-state index contributed by atoms with van der Waals surface area (Å²) in [6.45, 7) is 7.49. The zero-order valence-electron chi connectivity index (χ0n) is 10.5. The van der Waals surface area contributed by atoms with Crippen LogP contribution in [0.1, 0.15) is 33.7 Å². The predicted molar refractivity (Wildman–Crippen MR) is 69.6 cm³/mol. The molecule has 2 heterocycles. The molecule has 0 aliphatic carbocycles. The van der Waals surface area contributed by atoms with Crippen molar-refractivity contribution in [1.29, 1.82) is 0 Å². The Bertz CT molecular complexity index is 396. The van der Waals surface area contributed by atoms with Gasteiger partial charge in [-0.1, -0.05) is 13.3 Å². The molecule has 0 aromatic carbocycles. The molecule has 0 bridgehead atoms. The number of carbonyl (C=O) groups is 1. The molecule has 1 aliphatic heterocycles. The van der Waals surface area contributed by atoms with Gasteiger partial charge in [0.2, 0.25) is 0 Å². The fourth-order valence-corrected chi connectivity index (χ4v) is 2.99. The highest BCUT2D eigenvalue weighted by molar-refractivity contribution is 7.13. The zero-order chi connectivity index (χ0) is 12.3. The van der Waals surface area contributed by atoms with E-state index < -0.39 is 0 Å². The Morgan fingerprint density at radius 2 is 2.18 bits per heavy atom. The van der Waals surface area contributed by atoms with Gasteiger partial charge in [0.25, 0.3) is 5.91 Å². The number of thiazole rings is 1. The van der Waals surface area contributed by atoms with Crippen molar-refractivity contribution in [2.45, 2.75) is 26.7 Å². The molecule has 1 fully saturated rings. The Kier molecular flexibility index (Phi) is 4.12. The number of hydrogen-bond acceptors (Lipinski definition) is 4. The first-order chi connectivity index (χ1) is 8.22. The molecule has 17 heavy (non-hydrogen) atoms. The average molecular weight is 253 g/mol. The van der Waals surface area contributed by atoms with E-state index in [1.54, 1.807) is 0 Å². The van der Waals surface area contributed by atoms with Gasteiger partial charge in [0.1, 0.15) is 4.88 Å². The van der Waals surface area contributed by atoms with E-state index in [2.05, 4.69) is 17.2 Å². The highest BCUT2D eigenvalue weighted by Gasteiger charge is 2.23. The largest absolute Gasteiger partial charge is 0.335 e. The summed E-state index contributed by atoms with van der Waals surface area (Å²) in [5.74, 6) is 0.167. The summed E-state index contributed by atoms with van der Waals surface area (Å²) in [6, 6.07) is 0. The second-order valence-corrected chi connectivity index (χ2v) is 5.50. The first-order valence-electron chi connectivity index (χ1n) is 6.18. The van der Waals surface area contributed by atoms with Gasteiger partial charge in [-0.3, -0.25) is 4.79 Å². The number of carbonyl (C=O) groups excluding carboxylic acids is 1. The molecule has 0 atom stereocenters. The molecule has 0 radical (unpaired) electrons. The molecule has 0 spiro atoms.